The summed E-state index contributed by atoms with van der Waals surface area (Å²) in [5, 5.41) is 5.96. The van der Waals surface area contributed by atoms with E-state index >= 15 is 0 Å². The maximum Gasteiger partial charge on any atom is 0.407 e. The Morgan fingerprint density at radius 1 is 1.19 bits per heavy atom. The zero-order valence-electron chi connectivity index (χ0n) is 13.5. The molecule has 0 aromatic heterocycles. The minimum Gasteiger partial charge on any atom is -0.492 e. The van der Waals surface area contributed by atoms with Gasteiger partial charge >= 0.3 is 6.09 Å². The number of anilines is 1. The van der Waals surface area contributed by atoms with Gasteiger partial charge in [-0.05, 0) is 58.9 Å². The second kappa shape index (κ2) is 7.76. The number of amides is 1. The van der Waals surface area contributed by atoms with Crippen LogP contribution in [0, 0.1) is 0 Å². The van der Waals surface area contributed by atoms with Gasteiger partial charge in [-0.1, -0.05) is 0 Å². The van der Waals surface area contributed by atoms with Crippen LogP contribution < -0.4 is 15.4 Å². The van der Waals surface area contributed by atoms with E-state index in [0.717, 1.165) is 11.4 Å². The van der Waals surface area contributed by atoms with E-state index in [2.05, 4.69) is 24.5 Å². The molecule has 0 bridgehead atoms. The van der Waals surface area contributed by atoms with Crippen LogP contribution >= 0.6 is 0 Å². The number of nitrogens with one attached hydrogen (secondary N) is 2. The smallest absolute Gasteiger partial charge is 0.407 e. The predicted octanol–water partition coefficient (Wildman–Crippen LogP) is 3.41. The van der Waals surface area contributed by atoms with E-state index in [4.69, 9.17) is 9.47 Å². The average Bonchev–Trinajstić information content (AvgIpc) is 2.34. The van der Waals surface area contributed by atoms with Crippen molar-refractivity contribution < 1.29 is 14.3 Å². The fourth-order valence-corrected chi connectivity index (χ4v) is 1.62. The highest BCUT2D eigenvalue weighted by molar-refractivity contribution is 5.67. The largest absolute Gasteiger partial charge is 0.492 e. The molecule has 0 radical (unpaired) electrons. The Hall–Kier alpha value is -1.91. The maximum absolute atomic E-state index is 11.4. The summed E-state index contributed by atoms with van der Waals surface area (Å²) in [5.74, 6) is 0.773. The summed E-state index contributed by atoms with van der Waals surface area (Å²) >= 11 is 0. The molecule has 21 heavy (non-hydrogen) atoms. The van der Waals surface area contributed by atoms with Crippen LogP contribution in [-0.4, -0.2) is 30.9 Å². The summed E-state index contributed by atoms with van der Waals surface area (Å²) in [4.78, 5) is 11.4. The zero-order chi connectivity index (χ0) is 15.9. The number of benzene rings is 1. The van der Waals surface area contributed by atoms with Gasteiger partial charge in [0.2, 0.25) is 0 Å². The number of alkyl carbamates (subject to hydrolysis) is 1. The van der Waals surface area contributed by atoms with Gasteiger partial charge in [0.05, 0.1) is 6.54 Å². The summed E-state index contributed by atoms with van der Waals surface area (Å²) < 4.78 is 10.7. The second-order valence-corrected chi connectivity index (χ2v) is 6.10. The number of ether oxygens (including phenoxy) is 2. The molecule has 0 aliphatic rings. The van der Waals surface area contributed by atoms with Gasteiger partial charge in [-0.2, -0.15) is 0 Å². The average molecular weight is 294 g/mol. The first kappa shape index (κ1) is 17.1. The van der Waals surface area contributed by atoms with Crippen LogP contribution in [0.25, 0.3) is 0 Å². The van der Waals surface area contributed by atoms with Crippen LogP contribution in [0.15, 0.2) is 24.3 Å². The first-order valence-corrected chi connectivity index (χ1v) is 7.22. The van der Waals surface area contributed by atoms with Crippen LogP contribution in [0.3, 0.4) is 0 Å². The lowest BCUT2D eigenvalue weighted by Gasteiger charge is -2.19. The van der Waals surface area contributed by atoms with E-state index in [1.54, 1.807) is 0 Å². The van der Waals surface area contributed by atoms with Crippen molar-refractivity contribution in [1.82, 2.24) is 5.32 Å². The van der Waals surface area contributed by atoms with Gasteiger partial charge in [0.1, 0.15) is 18.0 Å². The van der Waals surface area contributed by atoms with Crippen LogP contribution in [0.2, 0.25) is 0 Å². The Balaban J connectivity index is 2.25. The predicted molar refractivity (Wildman–Crippen MR) is 84.9 cm³/mol. The monoisotopic (exact) mass is 294 g/mol. The molecule has 118 valence electrons. The molecular formula is C16H26N2O3. The molecule has 0 heterocycles. The van der Waals surface area contributed by atoms with E-state index in [1.807, 2.05) is 45.0 Å². The number of hydrogen-bond donors (Lipinski definition) is 2. The van der Waals surface area contributed by atoms with Crippen LogP contribution in [0.4, 0.5) is 10.5 Å². The highest BCUT2D eigenvalue weighted by Gasteiger charge is 2.15. The minimum absolute atomic E-state index is 0.398. The highest BCUT2D eigenvalue weighted by Crippen LogP contribution is 2.16. The first-order valence-electron chi connectivity index (χ1n) is 7.22. The third kappa shape index (κ3) is 8.07. The summed E-state index contributed by atoms with van der Waals surface area (Å²) in [7, 11) is 0. The Kier molecular flexibility index (Phi) is 6.34. The molecule has 0 saturated heterocycles. The van der Waals surface area contributed by atoms with Gasteiger partial charge in [-0.3, -0.25) is 0 Å². The Morgan fingerprint density at radius 2 is 1.81 bits per heavy atom. The molecule has 2 N–H and O–H groups in total. The second-order valence-electron chi connectivity index (χ2n) is 6.10. The van der Waals surface area contributed by atoms with E-state index in [0.29, 0.717) is 19.2 Å². The van der Waals surface area contributed by atoms with Crippen LogP contribution in [0.1, 0.15) is 34.6 Å². The molecule has 1 aromatic rings. The molecule has 0 aliphatic heterocycles. The highest BCUT2D eigenvalue weighted by atomic mass is 16.6. The zero-order valence-corrected chi connectivity index (χ0v) is 13.5. The molecule has 0 atom stereocenters. The van der Waals surface area contributed by atoms with Gasteiger partial charge in [0.15, 0.2) is 0 Å². The number of carbonyl (C=O) groups is 1. The van der Waals surface area contributed by atoms with Gasteiger partial charge in [0.25, 0.3) is 0 Å². The lowest BCUT2D eigenvalue weighted by atomic mass is 10.2. The first-order chi connectivity index (χ1) is 9.76. The lowest BCUT2D eigenvalue weighted by Crippen LogP contribution is -2.34. The topological polar surface area (TPSA) is 59.6 Å². The molecule has 0 fully saturated rings. The van der Waals surface area contributed by atoms with Gasteiger partial charge in [-0.15, -0.1) is 0 Å². The minimum atomic E-state index is -0.482. The van der Waals surface area contributed by atoms with Crippen LogP contribution in [0.5, 0.6) is 5.75 Å². The van der Waals surface area contributed by atoms with Crippen LogP contribution in [-0.2, 0) is 4.74 Å². The third-order valence-electron chi connectivity index (χ3n) is 2.35. The summed E-state index contributed by atoms with van der Waals surface area (Å²) in [6.07, 6.45) is -0.428. The number of rotatable bonds is 6. The summed E-state index contributed by atoms with van der Waals surface area (Å²) in [6.45, 7) is 10.5. The van der Waals surface area contributed by atoms with Crippen molar-refractivity contribution in [2.75, 3.05) is 18.5 Å². The Labute approximate surface area is 127 Å². The fourth-order valence-electron chi connectivity index (χ4n) is 1.62. The van der Waals surface area contributed by atoms with Crippen molar-refractivity contribution in [3.05, 3.63) is 24.3 Å². The van der Waals surface area contributed by atoms with Crippen molar-refractivity contribution in [3.8, 4) is 5.75 Å². The van der Waals surface area contributed by atoms with Crippen molar-refractivity contribution >= 4 is 11.8 Å². The van der Waals surface area contributed by atoms with E-state index < -0.39 is 11.7 Å². The van der Waals surface area contributed by atoms with Crippen molar-refractivity contribution in [3.63, 3.8) is 0 Å². The molecule has 0 unspecified atom stereocenters. The summed E-state index contributed by atoms with van der Waals surface area (Å²) in [5.41, 5.74) is 0.578. The van der Waals surface area contributed by atoms with Crippen molar-refractivity contribution in [2.45, 2.75) is 46.3 Å². The van der Waals surface area contributed by atoms with Gasteiger partial charge in [0, 0.05) is 11.7 Å². The standard InChI is InChI=1S/C16H26N2O3/c1-12(2)18-13-6-8-14(9-7-13)20-11-10-17-15(19)21-16(3,4)5/h6-9,12,18H,10-11H2,1-5H3,(H,17,19). The molecule has 1 aromatic carbocycles. The molecule has 1 rings (SSSR count). The lowest BCUT2D eigenvalue weighted by molar-refractivity contribution is 0.0520. The van der Waals surface area contributed by atoms with Gasteiger partial charge in [-0.25, -0.2) is 4.79 Å². The number of carbonyl (C=O) groups excluding carboxylic acids is 1. The van der Waals surface area contributed by atoms with Crippen molar-refractivity contribution in [1.29, 1.82) is 0 Å². The molecule has 1 amide bonds. The summed E-state index contributed by atoms with van der Waals surface area (Å²) in [6, 6.07) is 8.14. The Morgan fingerprint density at radius 3 is 2.33 bits per heavy atom. The molecule has 0 spiro atoms. The van der Waals surface area contributed by atoms with E-state index in [1.165, 1.54) is 0 Å². The SMILES string of the molecule is CC(C)Nc1ccc(OCCNC(=O)OC(C)(C)C)cc1. The van der Waals surface area contributed by atoms with Crippen molar-refractivity contribution in [2.24, 2.45) is 0 Å². The normalized spacial score (nSPS) is 11.1. The Bertz CT molecular complexity index is 436. The molecule has 5 nitrogen and oxygen atoms in total. The molecule has 0 aliphatic carbocycles. The molecular weight excluding hydrogens is 268 g/mol. The van der Waals surface area contributed by atoms with Gasteiger partial charge < -0.3 is 20.1 Å². The quantitative estimate of drug-likeness (QED) is 0.789. The molecule has 0 saturated carbocycles. The van der Waals surface area contributed by atoms with E-state index in [-0.39, 0.29) is 0 Å². The maximum atomic E-state index is 11.4. The fraction of sp³-hybridized carbons (Fsp3) is 0.562. The number of hydrogen-bond acceptors (Lipinski definition) is 4. The molecule has 5 heteroatoms. The third-order valence-corrected chi connectivity index (χ3v) is 2.35. The van der Waals surface area contributed by atoms with E-state index in [9.17, 15) is 4.79 Å².